The van der Waals surface area contributed by atoms with Crippen LogP contribution in [0.5, 0.6) is 11.5 Å². The second-order valence-electron chi connectivity index (χ2n) is 3.97. The topological polar surface area (TPSA) is 59.0 Å². The molecule has 0 bridgehead atoms. The standard InChI is InChI=1S/C13H17Cl2NO4/c1-19-10-4-3-9(7-11(10)20-2)8-16(5-6-17)13(18)12(14)15/h3-4,7,12,17H,5-6,8H2,1-2H3. The largest absolute Gasteiger partial charge is 0.493 e. The first-order valence-electron chi connectivity index (χ1n) is 5.92. The number of ether oxygens (including phenoxy) is 2. The van der Waals surface area contributed by atoms with Crippen molar-refractivity contribution in [3.63, 3.8) is 0 Å². The molecule has 1 aromatic carbocycles. The number of carbonyl (C=O) groups excluding carboxylic acids is 1. The smallest absolute Gasteiger partial charge is 0.256 e. The maximum absolute atomic E-state index is 11.8. The summed E-state index contributed by atoms with van der Waals surface area (Å²) in [6, 6.07) is 5.30. The van der Waals surface area contributed by atoms with E-state index in [-0.39, 0.29) is 19.7 Å². The van der Waals surface area contributed by atoms with Gasteiger partial charge in [0.2, 0.25) is 0 Å². The number of methoxy groups -OCH3 is 2. The van der Waals surface area contributed by atoms with Crippen molar-refractivity contribution in [3.8, 4) is 11.5 Å². The average molecular weight is 322 g/mol. The zero-order valence-corrected chi connectivity index (χ0v) is 12.8. The number of halogens is 2. The molecule has 5 nitrogen and oxygen atoms in total. The van der Waals surface area contributed by atoms with Crippen LogP contribution >= 0.6 is 23.2 Å². The summed E-state index contributed by atoms with van der Waals surface area (Å²) < 4.78 is 10.3. The van der Waals surface area contributed by atoms with E-state index in [1.54, 1.807) is 25.3 Å². The first-order valence-corrected chi connectivity index (χ1v) is 6.79. The molecule has 112 valence electrons. The normalized spacial score (nSPS) is 10.5. The molecular weight excluding hydrogens is 305 g/mol. The molecule has 0 saturated heterocycles. The van der Waals surface area contributed by atoms with E-state index in [1.807, 2.05) is 0 Å². The molecule has 0 aromatic heterocycles. The van der Waals surface area contributed by atoms with Gasteiger partial charge in [0, 0.05) is 13.1 Å². The lowest BCUT2D eigenvalue weighted by atomic mass is 10.2. The van der Waals surface area contributed by atoms with Gasteiger partial charge in [0.25, 0.3) is 5.91 Å². The summed E-state index contributed by atoms with van der Waals surface area (Å²) in [5.41, 5.74) is 0.818. The fourth-order valence-electron chi connectivity index (χ4n) is 1.73. The summed E-state index contributed by atoms with van der Waals surface area (Å²) in [4.78, 5) is 12.0. The van der Waals surface area contributed by atoms with Crippen LogP contribution in [-0.4, -0.2) is 48.1 Å². The Morgan fingerprint density at radius 3 is 2.45 bits per heavy atom. The molecule has 0 aliphatic carbocycles. The Balaban J connectivity index is 2.91. The third-order valence-electron chi connectivity index (χ3n) is 2.69. The van der Waals surface area contributed by atoms with E-state index in [9.17, 15) is 4.79 Å². The molecule has 1 N–H and O–H groups in total. The van der Waals surface area contributed by atoms with E-state index < -0.39 is 10.7 Å². The quantitative estimate of drug-likeness (QED) is 0.778. The molecule has 7 heteroatoms. The van der Waals surface area contributed by atoms with Gasteiger partial charge in [0.05, 0.1) is 20.8 Å². The van der Waals surface area contributed by atoms with Crippen LogP contribution < -0.4 is 9.47 Å². The summed E-state index contributed by atoms with van der Waals surface area (Å²) in [5.74, 6) is 0.718. The van der Waals surface area contributed by atoms with E-state index in [1.165, 1.54) is 12.0 Å². The molecule has 1 aromatic rings. The van der Waals surface area contributed by atoms with Crippen LogP contribution in [0.3, 0.4) is 0 Å². The first kappa shape index (κ1) is 16.9. The fourth-order valence-corrected chi connectivity index (χ4v) is 2.00. The summed E-state index contributed by atoms with van der Waals surface area (Å²) in [6.45, 7) is 0.262. The summed E-state index contributed by atoms with van der Waals surface area (Å²) in [6.07, 6.45) is 0. The summed E-state index contributed by atoms with van der Waals surface area (Å²) in [5, 5.41) is 9.00. The first-order chi connectivity index (χ1) is 9.53. The highest BCUT2D eigenvalue weighted by Gasteiger charge is 2.20. The molecule has 1 amide bonds. The zero-order chi connectivity index (χ0) is 15.1. The second-order valence-corrected chi connectivity index (χ2v) is 5.07. The van der Waals surface area contributed by atoms with E-state index in [0.717, 1.165) is 5.56 Å². The molecular formula is C13H17Cl2NO4. The monoisotopic (exact) mass is 321 g/mol. The number of aliphatic hydroxyl groups excluding tert-OH is 1. The fraction of sp³-hybridized carbons (Fsp3) is 0.462. The minimum Gasteiger partial charge on any atom is -0.493 e. The van der Waals surface area contributed by atoms with Crippen molar-refractivity contribution in [2.45, 2.75) is 11.4 Å². The van der Waals surface area contributed by atoms with Gasteiger partial charge in [-0.25, -0.2) is 0 Å². The van der Waals surface area contributed by atoms with Crippen LogP contribution in [0.15, 0.2) is 18.2 Å². The maximum Gasteiger partial charge on any atom is 0.256 e. The summed E-state index contributed by atoms with van der Waals surface area (Å²) in [7, 11) is 3.08. The second kappa shape index (κ2) is 8.19. The van der Waals surface area contributed by atoms with Crippen LogP contribution in [-0.2, 0) is 11.3 Å². The molecule has 0 saturated carbocycles. The molecule has 0 atom stereocenters. The Hall–Kier alpha value is -1.17. The SMILES string of the molecule is COc1ccc(CN(CCO)C(=O)C(Cl)Cl)cc1OC. The number of alkyl halides is 2. The van der Waals surface area contributed by atoms with E-state index >= 15 is 0 Å². The van der Waals surface area contributed by atoms with Gasteiger partial charge in [-0.15, -0.1) is 0 Å². The Bertz CT molecular complexity index is 454. The van der Waals surface area contributed by atoms with Crippen LogP contribution in [0, 0.1) is 0 Å². The Labute approximate surface area is 128 Å². The van der Waals surface area contributed by atoms with Crippen molar-refractivity contribution < 1.29 is 19.4 Å². The highest BCUT2D eigenvalue weighted by atomic mass is 35.5. The number of hydrogen-bond donors (Lipinski definition) is 1. The zero-order valence-electron chi connectivity index (χ0n) is 11.3. The Morgan fingerprint density at radius 2 is 1.95 bits per heavy atom. The lowest BCUT2D eigenvalue weighted by Gasteiger charge is -2.22. The molecule has 0 heterocycles. The Morgan fingerprint density at radius 1 is 1.30 bits per heavy atom. The van der Waals surface area contributed by atoms with Crippen molar-refractivity contribution in [2.24, 2.45) is 0 Å². The number of aliphatic hydroxyl groups is 1. The van der Waals surface area contributed by atoms with Crippen molar-refractivity contribution in [1.29, 1.82) is 0 Å². The molecule has 0 radical (unpaired) electrons. The van der Waals surface area contributed by atoms with Crippen LogP contribution in [0.2, 0.25) is 0 Å². The molecule has 20 heavy (non-hydrogen) atoms. The van der Waals surface area contributed by atoms with E-state index in [4.69, 9.17) is 37.8 Å². The van der Waals surface area contributed by atoms with Gasteiger partial charge < -0.3 is 19.5 Å². The van der Waals surface area contributed by atoms with Gasteiger partial charge in [0.15, 0.2) is 16.3 Å². The molecule has 0 spiro atoms. The highest BCUT2D eigenvalue weighted by molar-refractivity contribution is 6.53. The number of nitrogens with zero attached hydrogens (tertiary/aromatic N) is 1. The third-order valence-corrected chi connectivity index (χ3v) is 3.06. The molecule has 0 aliphatic heterocycles. The van der Waals surface area contributed by atoms with Gasteiger partial charge in [-0.1, -0.05) is 29.3 Å². The number of hydrogen-bond acceptors (Lipinski definition) is 4. The van der Waals surface area contributed by atoms with Crippen molar-refractivity contribution in [2.75, 3.05) is 27.4 Å². The number of amides is 1. The van der Waals surface area contributed by atoms with Gasteiger partial charge in [-0.3, -0.25) is 4.79 Å². The van der Waals surface area contributed by atoms with Gasteiger partial charge in [-0.05, 0) is 17.7 Å². The molecule has 0 fully saturated rings. The van der Waals surface area contributed by atoms with E-state index in [0.29, 0.717) is 11.5 Å². The van der Waals surface area contributed by atoms with E-state index in [2.05, 4.69) is 0 Å². The number of carbonyl (C=O) groups is 1. The predicted octanol–water partition coefficient (Wildman–Crippen LogP) is 1.83. The molecule has 0 unspecified atom stereocenters. The van der Waals surface area contributed by atoms with Gasteiger partial charge in [-0.2, -0.15) is 0 Å². The minimum atomic E-state index is -1.15. The van der Waals surface area contributed by atoms with Crippen molar-refractivity contribution in [3.05, 3.63) is 23.8 Å². The highest BCUT2D eigenvalue weighted by Crippen LogP contribution is 2.28. The Kier molecular flexibility index (Phi) is 6.91. The summed E-state index contributed by atoms with van der Waals surface area (Å²) >= 11 is 11.2. The number of rotatable bonds is 7. The predicted molar refractivity (Wildman–Crippen MR) is 77.5 cm³/mol. The molecule has 0 aliphatic rings. The van der Waals surface area contributed by atoms with Gasteiger partial charge in [0.1, 0.15) is 0 Å². The van der Waals surface area contributed by atoms with Crippen LogP contribution in [0.1, 0.15) is 5.56 Å². The molecule has 1 rings (SSSR count). The average Bonchev–Trinajstić information content (AvgIpc) is 2.45. The lowest BCUT2D eigenvalue weighted by molar-refractivity contribution is -0.130. The number of benzene rings is 1. The lowest BCUT2D eigenvalue weighted by Crippen LogP contribution is -2.36. The van der Waals surface area contributed by atoms with Crippen LogP contribution in [0.25, 0.3) is 0 Å². The van der Waals surface area contributed by atoms with Crippen LogP contribution in [0.4, 0.5) is 0 Å². The van der Waals surface area contributed by atoms with Crippen molar-refractivity contribution >= 4 is 29.1 Å². The maximum atomic E-state index is 11.8. The van der Waals surface area contributed by atoms with Gasteiger partial charge >= 0.3 is 0 Å². The van der Waals surface area contributed by atoms with Crippen molar-refractivity contribution in [1.82, 2.24) is 4.90 Å². The third kappa shape index (κ3) is 4.44. The minimum absolute atomic E-state index is 0.156.